The molecule has 0 saturated carbocycles. The minimum atomic E-state index is -3.22. The Kier molecular flexibility index (Phi) is 2.99. The SMILES string of the molecule is C=C[C@H]1CC(F)(F)c2c1c(N=[N+]=[N-])nn2CC(=O)O. The maximum atomic E-state index is 13.9. The summed E-state index contributed by atoms with van der Waals surface area (Å²) in [6.07, 6.45) is 0.778. The number of carboxylic acid groups (broad SMARTS) is 1. The molecule has 1 aliphatic rings. The van der Waals surface area contributed by atoms with E-state index < -0.39 is 36.5 Å². The zero-order valence-corrected chi connectivity index (χ0v) is 9.62. The maximum absolute atomic E-state index is 13.9. The lowest BCUT2D eigenvalue weighted by Crippen LogP contribution is -2.20. The van der Waals surface area contributed by atoms with Crippen molar-refractivity contribution in [2.75, 3.05) is 0 Å². The molecule has 1 aromatic rings. The molecule has 0 amide bonds. The molecule has 0 spiro atoms. The van der Waals surface area contributed by atoms with Crippen molar-refractivity contribution >= 4 is 11.8 Å². The molecule has 0 bridgehead atoms. The summed E-state index contributed by atoms with van der Waals surface area (Å²) in [6.45, 7) is 2.74. The van der Waals surface area contributed by atoms with E-state index in [2.05, 4.69) is 21.7 Å². The minimum Gasteiger partial charge on any atom is -0.480 e. The smallest absolute Gasteiger partial charge is 0.325 e. The topological polar surface area (TPSA) is 104 Å². The standard InChI is InChI=1S/C10H9F2N5O2/c1-2-5-3-10(11,12)8-7(5)9(14-16-13)15-17(8)4-6(18)19/h2,5H,1,3-4H2,(H,18,19)/t5-/m0/s1. The summed E-state index contributed by atoms with van der Waals surface area (Å²) in [5.41, 5.74) is 7.95. The summed E-state index contributed by atoms with van der Waals surface area (Å²) in [7, 11) is 0. The summed E-state index contributed by atoms with van der Waals surface area (Å²) in [5, 5.41) is 15.6. The van der Waals surface area contributed by atoms with E-state index in [-0.39, 0.29) is 11.4 Å². The van der Waals surface area contributed by atoms with E-state index in [1.165, 1.54) is 6.08 Å². The largest absolute Gasteiger partial charge is 0.480 e. The molecule has 1 N–H and O–H groups in total. The average Bonchev–Trinajstić information content (AvgIpc) is 2.77. The second-order valence-corrected chi connectivity index (χ2v) is 4.08. The fourth-order valence-corrected chi connectivity index (χ4v) is 2.23. The third kappa shape index (κ3) is 2.04. The van der Waals surface area contributed by atoms with Crippen LogP contribution in [0.5, 0.6) is 0 Å². The van der Waals surface area contributed by atoms with Crippen LogP contribution in [0.3, 0.4) is 0 Å². The van der Waals surface area contributed by atoms with E-state index in [1.807, 2.05) is 0 Å². The van der Waals surface area contributed by atoms with Gasteiger partial charge in [0.05, 0.1) is 0 Å². The molecule has 0 aliphatic heterocycles. The van der Waals surface area contributed by atoms with Crippen LogP contribution in [0.15, 0.2) is 17.8 Å². The Morgan fingerprint density at radius 3 is 3.00 bits per heavy atom. The zero-order valence-electron chi connectivity index (χ0n) is 9.62. The van der Waals surface area contributed by atoms with Gasteiger partial charge in [-0.25, -0.2) is 0 Å². The van der Waals surface area contributed by atoms with Crippen molar-refractivity contribution in [3.05, 3.63) is 34.4 Å². The maximum Gasteiger partial charge on any atom is 0.325 e. The van der Waals surface area contributed by atoms with E-state index >= 15 is 0 Å². The number of nitrogens with zero attached hydrogens (tertiary/aromatic N) is 5. The molecule has 0 radical (unpaired) electrons. The second-order valence-electron chi connectivity index (χ2n) is 4.08. The highest BCUT2D eigenvalue weighted by Gasteiger charge is 2.49. The number of aliphatic carboxylic acids is 1. The third-order valence-corrected chi connectivity index (χ3v) is 2.87. The number of carboxylic acids is 1. The first-order valence-electron chi connectivity index (χ1n) is 5.29. The number of aromatic nitrogens is 2. The summed E-state index contributed by atoms with van der Waals surface area (Å²) < 4.78 is 28.5. The van der Waals surface area contributed by atoms with Crippen molar-refractivity contribution in [3.63, 3.8) is 0 Å². The monoisotopic (exact) mass is 269 g/mol. The molecule has 7 nitrogen and oxygen atoms in total. The van der Waals surface area contributed by atoms with Gasteiger partial charge in [-0.15, -0.1) is 6.58 Å². The van der Waals surface area contributed by atoms with Crippen molar-refractivity contribution in [2.24, 2.45) is 5.11 Å². The Morgan fingerprint density at radius 2 is 2.47 bits per heavy atom. The van der Waals surface area contributed by atoms with Crippen molar-refractivity contribution in [3.8, 4) is 0 Å². The van der Waals surface area contributed by atoms with Gasteiger partial charge in [0.25, 0.3) is 5.92 Å². The quantitative estimate of drug-likeness (QED) is 0.393. The van der Waals surface area contributed by atoms with Crippen molar-refractivity contribution in [2.45, 2.75) is 24.8 Å². The highest BCUT2D eigenvalue weighted by atomic mass is 19.3. The van der Waals surface area contributed by atoms with Gasteiger partial charge in [-0.2, -0.15) is 13.9 Å². The molecule has 1 aliphatic carbocycles. The van der Waals surface area contributed by atoms with E-state index in [0.29, 0.717) is 4.68 Å². The first-order chi connectivity index (χ1) is 8.90. The van der Waals surface area contributed by atoms with Crippen molar-refractivity contribution < 1.29 is 18.7 Å². The van der Waals surface area contributed by atoms with Gasteiger partial charge in [0.2, 0.25) is 0 Å². The van der Waals surface area contributed by atoms with Gasteiger partial charge in [0.1, 0.15) is 12.2 Å². The molecule has 0 saturated heterocycles. The first kappa shape index (κ1) is 13.0. The number of fused-ring (bicyclic) bond motifs is 1. The lowest BCUT2D eigenvalue weighted by atomic mass is 10.0. The molecule has 0 fully saturated rings. The number of alkyl halides is 2. The predicted octanol–water partition coefficient (Wildman–Crippen LogP) is 2.67. The number of hydrogen-bond donors (Lipinski definition) is 1. The lowest BCUT2D eigenvalue weighted by molar-refractivity contribution is -0.138. The highest BCUT2D eigenvalue weighted by molar-refractivity contribution is 5.67. The number of hydrogen-bond acceptors (Lipinski definition) is 3. The van der Waals surface area contributed by atoms with E-state index in [1.54, 1.807) is 0 Å². The predicted molar refractivity (Wildman–Crippen MR) is 60.1 cm³/mol. The number of halogens is 2. The number of carbonyl (C=O) groups is 1. The van der Waals surface area contributed by atoms with E-state index in [4.69, 9.17) is 10.6 Å². The Balaban J connectivity index is 2.67. The minimum absolute atomic E-state index is 0.0547. The fourth-order valence-electron chi connectivity index (χ4n) is 2.23. The van der Waals surface area contributed by atoms with Crippen molar-refractivity contribution in [1.29, 1.82) is 0 Å². The molecule has 0 aromatic carbocycles. The van der Waals surface area contributed by atoms with E-state index in [0.717, 1.165) is 0 Å². The molecular weight excluding hydrogens is 260 g/mol. The summed E-state index contributed by atoms with van der Waals surface area (Å²) in [4.78, 5) is 13.2. The van der Waals surface area contributed by atoms with Gasteiger partial charge in [0, 0.05) is 22.8 Å². The van der Waals surface area contributed by atoms with Gasteiger partial charge >= 0.3 is 5.97 Å². The van der Waals surface area contributed by atoms with Crippen LogP contribution in [0.1, 0.15) is 23.6 Å². The van der Waals surface area contributed by atoms with Crippen LogP contribution in [-0.4, -0.2) is 20.9 Å². The molecule has 0 unspecified atom stereocenters. The van der Waals surface area contributed by atoms with Crippen LogP contribution in [0, 0.1) is 0 Å². The normalized spacial score (nSPS) is 19.6. The van der Waals surface area contributed by atoms with E-state index in [9.17, 15) is 13.6 Å². The zero-order chi connectivity index (χ0) is 14.2. The van der Waals surface area contributed by atoms with Crippen LogP contribution in [0.2, 0.25) is 0 Å². The highest BCUT2D eigenvalue weighted by Crippen LogP contribution is 2.52. The molecule has 9 heteroatoms. The lowest BCUT2D eigenvalue weighted by Gasteiger charge is -2.12. The summed E-state index contributed by atoms with van der Waals surface area (Å²) >= 11 is 0. The van der Waals surface area contributed by atoms with Gasteiger partial charge in [0.15, 0.2) is 5.82 Å². The summed E-state index contributed by atoms with van der Waals surface area (Å²) in [6, 6.07) is 0. The molecule has 100 valence electrons. The van der Waals surface area contributed by atoms with Gasteiger partial charge in [-0.1, -0.05) is 6.08 Å². The number of rotatable bonds is 4. The molecular formula is C10H9F2N5O2. The fraction of sp³-hybridized carbons (Fsp3) is 0.400. The van der Waals surface area contributed by atoms with Gasteiger partial charge in [-0.05, 0) is 10.6 Å². The first-order valence-corrected chi connectivity index (χ1v) is 5.29. The van der Waals surface area contributed by atoms with Crippen LogP contribution < -0.4 is 0 Å². The Hall–Kier alpha value is -2.41. The van der Waals surface area contributed by atoms with Crippen LogP contribution in [0.4, 0.5) is 14.6 Å². The third-order valence-electron chi connectivity index (χ3n) is 2.87. The van der Waals surface area contributed by atoms with Crippen LogP contribution in [0.25, 0.3) is 10.4 Å². The van der Waals surface area contributed by atoms with Gasteiger partial charge in [-0.3, -0.25) is 9.48 Å². The number of azide groups is 1. The molecule has 1 heterocycles. The van der Waals surface area contributed by atoms with Crippen molar-refractivity contribution in [1.82, 2.24) is 9.78 Å². The Labute approximate surface area is 105 Å². The molecule has 2 rings (SSSR count). The molecule has 1 aromatic heterocycles. The molecule has 1 atom stereocenters. The van der Waals surface area contributed by atoms with Crippen LogP contribution >= 0.6 is 0 Å². The Morgan fingerprint density at radius 1 is 1.79 bits per heavy atom. The van der Waals surface area contributed by atoms with Gasteiger partial charge < -0.3 is 5.11 Å². The summed E-state index contributed by atoms with van der Waals surface area (Å²) in [5.74, 6) is -5.47. The molecule has 19 heavy (non-hydrogen) atoms. The number of allylic oxidation sites excluding steroid dienone is 1. The Bertz CT molecular complexity index is 603. The van der Waals surface area contributed by atoms with Crippen LogP contribution in [-0.2, 0) is 17.3 Å². The second kappa shape index (κ2) is 4.36. The average molecular weight is 269 g/mol.